The highest BCUT2D eigenvalue weighted by Gasteiger charge is 2.10. The van der Waals surface area contributed by atoms with Crippen molar-refractivity contribution in [1.29, 1.82) is 0 Å². The Morgan fingerprint density at radius 1 is 1.17 bits per heavy atom. The van der Waals surface area contributed by atoms with E-state index in [0.29, 0.717) is 17.1 Å². The molecule has 0 aliphatic carbocycles. The van der Waals surface area contributed by atoms with Crippen LogP contribution in [0, 0.1) is 12.7 Å². The van der Waals surface area contributed by atoms with E-state index in [1.165, 1.54) is 6.07 Å². The molecule has 0 aliphatic rings. The summed E-state index contributed by atoms with van der Waals surface area (Å²) in [4.78, 5) is 4.09. The van der Waals surface area contributed by atoms with E-state index in [9.17, 15) is 4.39 Å². The summed E-state index contributed by atoms with van der Waals surface area (Å²) >= 11 is 0. The number of hydrogen-bond donors (Lipinski definition) is 2. The van der Waals surface area contributed by atoms with E-state index >= 15 is 0 Å². The Morgan fingerprint density at radius 3 is 2.57 bits per heavy atom. The van der Waals surface area contributed by atoms with Crippen LogP contribution >= 0.6 is 0 Å². The van der Waals surface area contributed by atoms with Gasteiger partial charge in [-0.2, -0.15) is 0 Å². The second-order valence-corrected chi connectivity index (χ2v) is 5.12. The van der Waals surface area contributed by atoms with Crippen molar-refractivity contribution in [2.75, 3.05) is 24.8 Å². The number of aryl methyl sites for hydroxylation is 1. The molecule has 2 N–H and O–H groups in total. The van der Waals surface area contributed by atoms with Crippen LogP contribution in [0.5, 0.6) is 5.75 Å². The quantitative estimate of drug-likeness (QED) is 0.619. The molecule has 4 nitrogen and oxygen atoms in total. The fraction of sp³-hybridized carbons (Fsp3) is 0.278. The van der Waals surface area contributed by atoms with Crippen LogP contribution in [0.1, 0.15) is 18.9 Å². The van der Waals surface area contributed by atoms with Crippen LogP contribution in [0.4, 0.5) is 21.5 Å². The van der Waals surface area contributed by atoms with Crippen molar-refractivity contribution in [2.45, 2.75) is 20.3 Å². The third-order valence-electron chi connectivity index (χ3n) is 3.57. The molecular weight excluding hydrogens is 293 g/mol. The van der Waals surface area contributed by atoms with E-state index in [2.05, 4.69) is 15.6 Å². The molecule has 0 aliphatic heterocycles. The van der Waals surface area contributed by atoms with E-state index in [0.717, 1.165) is 23.5 Å². The smallest absolute Gasteiger partial charge is 0.148 e. The molecule has 0 saturated carbocycles. The van der Waals surface area contributed by atoms with Crippen molar-refractivity contribution in [3.05, 3.63) is 47.8 Å². The van der Waals surface area contributed by atoms with Gasteiger partial charge in [-0.3, -0.25) is 4.99 Å². The Labute approximate surface area is 136 Å². The number of methoxy groups -OCH3 is 1. The van der Waals surface area contributed by atoms with Crippen molar-refractivity contribution in [2.24, 2.45) is 4.99 Å². The van der Waals surface area contributed by atoms with Gasteiger partial charge in [0.1, 0.15) is 17.4 Å². The van der Waals surface area contributed by atoms with Crippen LogP contribution in [0.3, 0.4) is 0 Å². The second-order valence-electron chi connectivity index (χ2n) is 5.12. The summed E-state index contributed by atoms with van der Waals surface area (Å²) in [5, 5.41) is 6.24. The van der Waals surface area contributed by atoms with Gasteiger partial charge in [-0.1, -0.05) is 19.1 Å². The van der Waals surface area contributed by atoms with Gasteiger partial charge in [0.2, 0.25) is 0 Å². The molecule has 5 heteroatoms. The molecule has 0 aromatic heterocycles. The van der Waals surface area contributed by atoms with Crippen molar-refractivity contribution >= 4 is 22.9 Å². The van der Waals surface area contributed by atoms with E-state index in [1.807, 2.05) is 38.1 Å². The zero-order valence-corrected chi connectivity index (χ0v) is 13.9. The maximum atomic E-state index is 14.4. The van der Waals surface area contributed by atoms with Gasteiger partial charge in [0.05, 0.1) is 18.5 Å². The molecule has 2 aromatic carbocycles. The fourth-order valence-corrected chi connectivity index (χ4v) is 2.26. The van der Waals surface area contributed by atoms with Crippen LogP contribution in [-0.2, 0) is 0 Å². The molecular formula is C18H22FN3O. The summed E-state index contributed by atoms with van der Waals surface area (Å²) in [6, 6.07) is 10.8. The highest BCUT2D eigenvalue weighted by molar-refractivity contribution is 5.95. The van der Waals surface area contributed by atoms with Gasteiger partial charge < -0.3 is 15.4 Å². The van der Waals surface area contributed by atoms with E-state index in [-0.39, 0.29) is 5.82 Å². The normalized spacial score (nSPS) is 11.3. The number of halogens is 1. The Hall–Kier alpha value is -2.56. The van der Waals surface area contributed by atoms with Gasteiger partial charge in [-0.15, -0.1) is 0 Å². The summed E-state index contributed by atoms with van der Waals surface area (Å²) in [6.07, 6.45) is 0.718. The summed E-state index contributed by atoms with van der Waals surface area (Å²) in [7, 11) is 3.30. The molecule has 0 bridgehead atoms. The summed E-state index contributed by atoms with van der Waals surface area (Å²) < 4.78 is 19.7. The molecule has 2 rings (SSSR count). The Balaban J connectivity index is 2.29. The van der Waals surface area contributed by atoms with Crippen LogP contribution in [0.25, 0.3) is 0 Å². The van der Waals surface area contributed by atoms with Crippen molar-refractivity contribution in [3.8, 4) is 5.75 Å². The molecule has 0 spiro atoms. The van der Waals surface area contributed by atoms with Crippen LogP contribution in [-0.4, -0.2) is 20.0 Å². The zero-order valence-electron chi connectivity index (χ0n) is 13.9. The van der Waals surface area contributed by atoms with E-state index in [1.54, 1.807) is 20.2 Å². The number of para-hydroxylation sites is 2. The van der Waals surface area contributed by atoms with Crippen LogP contribution in [0.2, 0.25) is 0 Å². The highest BCUT2D eigenvalue weighted by atomic mass is 19.1. The molecule has 0 amide bonds. The molecule has 0 saturated heterocycles. The monoisotopic (exact) mass is 315 g/mol. The largest absolute Gasteiger partial charge is 0.495 e. The van der Waals surface area contributed by atoms with Gasteiger partial charge in [0, 0.05) is 19.2 Å². The van der Waals surface area contributed by atoms with E-state index < -0.39 is 0 Å². The number of nitrogens with one attached hydrogen (secondary N) is 2. The van der Waals surface area contributed by atoms with Gasteiger partial charge in [-0.25, -0.2) is 4.39 Å². The van der Waals surface area contributed by atoms with Crippen molar-refractivity contribution in [1.82, 2.24) is 0 Å². The maximum absolute atomic E-state index is 14.4. The Morgan fingerprint density at radius 2 is 1.91 bits per heavy atom. The topological polar surface area (TPSA) is 45.7 Å². The lowest BCUT2D eigenvalue weighted by Gasteiger charge is -2.15. The zero-order chi connectivity index (χ0) is 16.8. The predicted octanol–water partition coefficient (Wildman–Crippen LogP) is 4.74. The third kappa shape index (κ3) is 4.00. The lowest BCUT2D eigenvalue weighted by molar-refractivity contribution is 0.417. The first kappa shape index (κ1) is 16.8. The van der Waals surface area contributed by atoms with Gasteiger partial charge >= 0.3 is 0 Å². The summed E-state index contributed by atoms with van der Waals surface area (Å²) in [5.41, 5.74) is 2.84. The number of ether oxygens (including phenoxy) is 1. The Kier molecular flexibility index (Phi) is 5.57. The standard InChI is InChI=1S/C18H22FN3O/c1-5-18(20-3)22-16-10-12(2)15(11-13(16)19)21-14-8-6-7-9-17(14)23-4/h6-11,21H,5H2,1-4H3,(H,20,22). The lowest BCUT2D eigenvalue weighted by atomic mass is 10.1. The first-order chi connectivity index (χ1) is 11.1. The molecule has 0 radical (unpaired) electrons. The van der Waals surface area contributed by atoms with Crippen LogP contribution < -0.4 is 15.4 Å². The highest BCUT2D eigenvalue weighted by Crippen LogP contribution is 2.31. The first-order valence-electron chi connectivity index (χ1n) is 7.51. The van der Waals surface area contributed by atoms with Gasteiger partial charge in [0.15, 0.2) is 0 Å². The van der Waals surface area contributed by atoms with Crippen molar-refractivity contribution in [3.63, 3.8) is 0 Å². The van der Waals surface area contributed by atoms with Crippen LogP contribution in [0.15, 0.2) is 41.4 Å². The number of hydrogen-bond acceptors (Lipinski definition) is 3. The number of nitrogens with zero attached hydrogens (tertiary/aromatic N) is 1. The molecule has 122 valence electrons. The molecule has 0 heterocycles. The summed E-state index contributed by atoms with van der Waals surface area (Å²) in [5.74, 6) is 1.12. The Bertz CT molecular complexity index is 713. The number of amidine groups is 1. The molecule has 23 heavy (non-hydrogen) atoms. The minimum absolute atomic E-state index is 0.331. The third-order valence-corrected chi connectivity index (χ3v) is 3.57. The minimum atomic E-state index is -0.331. The van der Waals surface area contributed by atoms with Gasteiger partial charge in [-0.05, 0) is 36.8 Å². The van der Waals surface area contributed by atoms with Crippen molar-refractivity contribution < 1.29 is 9.13 Å². The number of aliphatic imine (C=N–C) groups is 1. The maximum Gasteiger partial charge on any atom is 0.148 e. The second kappa shape index (κ2) is 7.63. The minimum Gasteiger partial charge on any atom is -0.495 e. The predicted molar refractivity (Wildman–Crippen MR) is 94.7 cm³/mol. The van der Waals surface area contributed by atoms with Gasteiger partial charge in [0.25, 0.3) is 0 Å². The number of anilines is 3. The number of benzene rings is 2. The molecule has 2 aromatic rings. The molecule has 0 fully saturated rings. The lowest BCUT2D eigenvalue weighted by Crippen LogP contribution is -2.12. The fourth-order valence-electron chi connectivity index (χ4n) is 2.26. The van der Waals surface area contributed by atoms with E-state index in [4.69, 9.17) is 4.74 Å². The molecule has 0 unspecified atom stereocenters. The average Bonchev–Trinajstić information content (AvgIpc) is 2.57. The SMILES string of the molecule is CCC(=NC)Nc1cc(C)c(Nc2ccccc2OC)cc1F. The summed E-state index contributed by atoms with van der Waals surface area (Å²) in [6.45, 7) is 3.90. The average molecular weight is 315 g/mol. The first-order valence-corrected chi connectivity index (χ1v) is 7.51. The number of rotatable bonds is 5. The molecule has 0 atom stereocenters.